The van der Waals surface area contributed by atoms with Gasteiger partial charge in [-0.25, -0.2) is 15.0 Å². The molecule has 3 aromatic heterocycles. The first-order valence-electron chi connectivity index (χ1n) is 10.5. The number of carbonyl (C=O) groups excluding carboxylic acids is 1. The van der Waals surface area contributed by atoms with Crippen LogP contribution in [0.25, 0.3) is 22.8 Å². The number of H-pyrrole nitrogens is 1. The van der Waals surface area contributed by atoms with E-state index in [1.54, 1.807) is 19.5 Å². The third-order valence-corrected chi connectivity index (χ3v) is 5.95. The van der Waals surface area contributed by atoms with Crippen molar-refractivity contribution in [2.45, 2.75) is 31.8 Å². The van der Waals surface area contributed by atoms with E-state index in [0.29, 0.717) is 40.9 Å². The molecule has 0 spiro atoms. The van der Waals surface area contributed by atoms with Gasteiger partial charge in [0.15, 0.2) is 17.5 Å². The van der Waals surface area contributed by atoms with E-state index >= 15 is 0 Å². The fraction of sp³-hybridized carbons (Fsp3) is 0.429. The van der Waals surface area contributed by atoms with Crippen LogP contribution >= 0.6 is 0 Å². The molecule has 0 atom stereocenters. The van der Waals surface area contributed by atoms with Gasteiger partial charge in [-0.2, -0.15) is 5.10 Å². The van der Waals surface area contributed by atoms with Crippen molar-refractivity contribution < 1.29 is 9.53 Å². The lowest BCUT2D eigenvalue weighted by molar-refractivity contribution is -0.115. The summed E-state index contributed by atoms with van der Waals surface area (Å²) in [7, 11) is 1.78. The molecule has 3 aromatic rings. The van der Waals surface area contributed by atoms with Gasteiger partial charge in [-0.3, -0.25) is 14.9 Å². The molecule has 1 aliphatic carbocycles. The molecule has 1 saturated carbocycles. The minimum Gasteiger partial charge on any atom is -0.381 e. The van der Waals surface area contributed by atoms with Crippen molar-refractivity contribution in [3.05, 3.63) is 30.9 Å². The van der Waals surface area contributed by atoms with Crippen molar-refractivity contribution in [3.63, 3.8) is 0 Å². The molecule has 2 aliphatic rings. The van der Waals surface area contributed by atoms with Crippen LogP contribution in [0.5, 0.6) is 0 Å². The van der Waals surface area contributed by atoms with Gasteiger partial charge < -0.3 is 15.0 Å². The van der Waals surface area contributed by atoms with E-state index in [4.69, 9.17) is 9.72 Å². The maximum Gasteiger partial charge on any atom is 0.245 e. The first-order valence-corrected chi connectivity index (χ1v) is 10.5. The number of methoxy groups -OCH3 is 1. The average molecular weight is 420 g/mol. The average Bonchev–Trinajstić information content (AvgIpc) is 3.34. The van der Waals surface area contributed by atoms with E-state index in [9.17, 15) is 4.79 Å². The van der Waals surface area contributed by atoms with E-state index in [0.717, 1.165) is 37.8 Å². The summed E-state index contributed by atoms with van der Waals surface area (Å²) < 4.78 is 5.48. The summed E-state index contributed by atoms with van der Waals surface area (Å²) in [5.74, 6) is 2.22. The van der Waals surface area contributed by atoms with Crippen LogP contribution in [0.15, 0.2) is 30.9 Å². The Morgan fingerprint density at radius 3 is 2.68 bits per heavy atom. The van der Waals surface area contributed by atoms with Gasteiger partial charge in [0, 0.05) is 25.4 Å². The zero-order valence-corrected chi connectivity index (χ0v) is 17.3. The third kappa shape index (κ3) is 4.11. The van der Waals surface area contributed by atoms with Crippen LogP contribution in [0.2, 0.25) is 0 Å². The van der Waals surface area contributed by atoms with Gasteiger partial charge in [-0.05, 0) is 43.7 Å². The van der Waals surface area contributed by atoms with Crippen LogP contribution in [0.3, 0.4) is 0 Å². The molecule has 0 bridgehead atoms. The largest absolute Gasteiger partial charge is 0.381 e. The quantitative estimate of drug-likeness (QED) is 0.645. The van der Waals surface area contributed by atoms with Crippen LogP contribution in [-0.4, -0.2) is 62.3 Å². The van der Waals surface area contributed by atoms with E-state index in [-0.39, 0.29) is 12.5 Å². The van der Waals surface area contributed by atoms with Gasteiger partial charge in [0.05, 0.1) is 24.5 Å². The molecule has 160 valence electrons. The molecule has 1 amide bonds. The molecule has 0 aromatic carbocycles. The second-order valence-corrected chi connectivity index (χ2v) is 7.99. The summed E-state index contributed by atoms with van der Waals surface area (Å²) in [5, 5.41) is 9.57. The SMILES string of the molecule is CO[C@H]1CC[C@H](CN2CC(=O)Nc3ncc(-c4ccc(-c5nc[nH]n5)nc4)nc32)CC1. The Bertz CT molecular complexity index is 1050. The molecule has 0 unspecified atom stereocenters. The number of pyridine rings is 1. The van der Waals surface area contributed by atoms with Gasteiger partial charge in [0.2, 0.25) is 5.91 Å². The monoisotopic (exact) mass is 420 g/mol. The first-order chi connectivity index (χ1) is 15.2. The number of rotatable bonds is 5. The van der Waals surface area contributed by atoms with Crippen LogP contribution in [0.1, 0.15) is 25.7 Å². The number of hydrogen-bond acceptors (Lipinski definition) is 8. The van der Waals surface area contributed by atoms with E-state index in [1.165, 1.54) is 6.33 Å². The van der Waals surface area contributed by atoms with Gasteiger partial charge in [0.25, 0.3) is 0 Å². The van der Waals surface area contributed by atoms with E-state index < -0.39 is 0 Å². The maximum absolute atomic E-state index is 12.2. The summed E-state index contributed by atoms with van der Waals surface area (Å²) in [5.41, 5.74) is 2.22. The Morgan fingerprint density at radius 2 is 1.97 bits per heavy atom. The number of anilines is 2. The molecule has 4 heterocycles. The Balaban J connectivity index is 1.37. The lowest BCUT2D eigenvalue weighted by atomic mass is 9.87. The molecular weight excluding hydrogens is 396 g/mol. The van der Waals surface area contributed by atoms with Crippen molar-refractivity contribution in [1.29, 1.82) is 0 Å². The fourth-order valence-electron chi connectivity index (χ4n) is 4.27. The standard InChI is InChI=1S/C21H24N8O2/c1-31-15-5-2-13(3-6-15)10-29-11-18(30)27-20-21(29)26-17(9-23-20)14-4-7-16(22-8-14)19-24-12-25-28-19/h4,7-9,12-13,15H,2-3,5-6,10-11H2,1H3,(H,23,27,30)(H,24,25,28)/t13-,15-. The molecular formula is C21H24N8O2. The summed E-state index contributed by atoms with van der Waals surface area (Å²) >= 11 is 0. The molecule has 0 radical (unpaired) electrons. The predicted molar refractivity (Wildman–Crippen MR) is 114 cm³/mol. The molecule has 31 heavy (non-hydrogen) atoms. The Morgan fingerprint density at radius 1 is 1.10 bits per heavy atom. The van der Waals surface area contributed by atoms with Gasteiger partial charge in [-0.15, -0.1) is 0 Å². The van der Waals surface area contributed by atoms with Crippen LogP contribution in [0.4, 0.5) is 11.6 Å². The molecule has 5 rings (SSSR count). The van der Waals surface area contributed by atoms with Gasteiger partial charge in [-0.1, -0.05) is 0 Å². The van der Waals surface area contributed by atoms with Crippen LogP contribution in [0, 0.1) is 5.92 Å². The number of fused-ring (bicyclic) bond motifs is 1. The summed E-state index contributed by atoms with van der Waals surface area (Å²) in [6.45, 7) is 1.08. The first kappa shape index (κ1) is 19.6. The van der Waals surface area contributed by atoms with Gasteiger partial charge in [0.1, 0.15) is 12.0 Å². The smallest absolute Gasteiger partial charge is 0.245 e. The molecule has 0 saturated heterocycles. The molecule has 1 aliphatic heterocycles. The highest BCUT2D eigenvalue weighted by molar-refractivity contribution is 5.99. The minimum absolute atomic E-state index is 0.0577. The van der Waals surface area contributed by atoms with Crippen molar-refractivity contribution in [2.75, 3.05) is 30.4 Å². The van der Waals surface area contributed by atoms with Crippen molar-refractivity contribution in [3.8, 4) is 22.8 Å². The Kier molecular flexibility index (Phi) is 5.29. The highest BCUT2D eigenvalue weighted by Crippen LogP contribution is 2.32. The zero-order chi connectivity index (χ0) is 21.2. The maximum atomic E-state index is 12.2. The predicted octanol–water partition coefficient (Wildman–Crippen LogP) is 2.29. The summed E-state index contributed by atoms with van der Waals surface area (Å²) in [6.07, 6.45) is 9.56. The van der Waals surface area contributed by atoms with Crippen molar-refractivity contribution >= 4 is 17.5 Å². The molecule has 10 nitrogen and oxygen atoms in total. The molecule has 1 fully saturated rings. The van der Waals surface area contributed by atoms with Gasteiger partial charge >= 0.3 is 0 Å². The number of carbonyl (C=O) groups is 1. The van der Waals surface area contributed by atoms with E-state index in [2.05, 4.69) is 35.4 Å². The number of aromatic amines is 1. The normalized spacial score (nSPS) is 20.9. The lowest BCUT2D eigenvalue weighted by Crippen LogP contribution is -2.42. The number of amides is 1. The van der Waals surface area contributed by atoms with E-state index in [1.807, 2.05) is 12.1 Å². The Labute approximate surface area is 179 Å². The number of nitrogens with zero attached hydrogens (tertiary/aromatic N) is 6. The molecule has 2 N–H and O–H groups in total. The number of hydrogen-bond donors (Lipinski definition) is 2. The molecule has 10 heteroatoms. The fourth-order valence-corrected chi connectivity index (χ4v) is 4.27. The van der Waals surface area contributed by atoms with Crippen molar-refractivity contribution in [2.24, 2.45) is 5.92 Å². The van der Waals surface area contributed by atoms with Crippen LogP contribution < -0.4 is 10.2 Å². The Hall–Kier alpha value is -3.40. The zero-order valence-electron chi connectivity index (χ0n) is 17.3. The highest BCUT2D eigenvalue weighted by Gasteiger charge is 2.29. The topological polar surface area (TPSA) is 122 Å². The number of aromatic nitrogens is 6. The van der Waals surface area contributed by atoms with Crippen LogP contribution in [-0.2, 0) is 9.53 Å². The lowest BCUT2D eigenvalue weighted by Gasteiger charge is -2.35. The third-order valence-electron chi connectivity index (χ3n) is 5.95. The minimum atomic E-state index is -0.0577. The summed E-state index contributed by atoms with van der Waals surface area (Å²) in [4.78, 5) is 32.1. The second kappa shape index (κ2) is 8.38. The highest BCUT2D eigenvalue weighted by atomic mass is 16.5. The number of nitrogens with one attached hydrogen (secondary N) is 2. The second-order valence-electron chi connectivity index (χ2n) is 7.99. The number of ether oxygens (including phenoxy) is 1. The van der Waals surface area contributed by atoms with Crippen molar-refractivity contribution in [1.82, 2.24) is 30.1 Å². The summed E-state index contributed by atoms with van der Waals surface area (Å²) in [6, 6.07) is 3.78.